The fraction of sp³-hybridized carbons (Fsp3) is 0.111. The van der Waals surface area contributed by atoms with Gasteiger partial charge < -0.3 is 4.74 Å². The molecule has 23 heavy (non-hydrogen) atoms. The molecule has 3 rings (SSSR count). The van der Waals surface area contributed by atoms with Gasteiger partial charge >= 0.3 is 0 Å². The Balaban J connectivity index is 1.82. The number of hydrogen-bond donors (Lipinski definition) is 0. The van der Waals surface area contributed by atoms with Crippen LogP contribution in [-0.4, -0.2) is 22.9 Å². The van der Waals surface area contributed by atoms with E-state index in [1.54, 1.807) is 29.8 Å². The number of aldehydes is 1. The number of ether oxygens (including phenoxy) is 1. The zero-order valence-electron chi connectivity index (χ0n) is 12.7. The summed E-state index contributed by atoms with van der Waals surface area (Å²) in [6.45, 7) is 0. The first-order valence-corrected chi connectivity index (χ1v) is 8.14. The maximum Gasteiger partial charge on any atom is 0.169 e. The summed E-state index contributed by atoms with van der Waals surface area (Å²) in [7, 11) is 1.63. The van der Waals surface area contributed by atoms with Crippen molar-refractivity contribution >= 4 is 18.0 Å². The molecular formula is C18H16N2O2S. The molecule has 0 aliphatic carbocycles. The lowest BCUT2D eigenvalue weighted by atomic mass is 10.2. The maximum absolute atomic E-state index is 11.5. The molecule has 0 N–H and O–H groups in total. The van der Waals surface area contributed by atoms with E-state index in [1.807, 2.05) is 42.5 Å². The van der Waals surface area contributed by atoms with Crippen LogP contribution < -0.4 is 4.74 Å². The van der Waals surface area contributed by atoms with E-state index in [0.717, 1.165) is 28.5 Å². The van der Waals surface area contributed by atoms with Crippen LogP contribution in [0.2, 0.25) is 0 Å². The SMILES string of the molecule is COc1ccc(-n2cnc(SCc3ccccc3)c2C=O)cc1. The first-order valence-electron chi connectivity index (χ1n) is 7.15. The normalized spacial score (nSPS) is 10.5. The molecule has 0 unspecified atom stereocenters. The van der Waals surface area contributed by atoms with Crippen LogP contribution in [0, 0.1) is 0 Å². The van der Waals surface area contributed by atoms with Crippen molar-refractivity contribution < 1.29 is 9.53 Å². The van der Waals surface area contributed by atoms with Gasteiger partial charge in [-0.05, 0) is 29.8 Å². The number of benzene rings is 2. The summed E-state index contributed by atoms with van der Waals surface area (Å²) < 4.78 is 6.95. The molecule has 0 fully saturated rings. The van der Waals surface area contributed by atoms with Gasteiger partial charge in [-0.15, -0.1) is 0 Å². The lowest BCUT2D eigenvalue weighted by molar-refractivity contribution is 0.111. The van der Waals surface area contributed by atoms with Gasteiger partial charge in [0.15, 0.2) is 6.29 Å². The number of rotatable bonds is 6. The van der Waals surface area contributed by atoms with Crippen LogP contribution >= 0.6 is 11.8 Å². The highest BCUT2D eigenvalue weighted by Gasteiger charge is 2.12. The predicted octanol–water partition coefficient (Wildman–Crippen LogP) is 3.99. The number of aromatic nitrogens is 2. The molecule has 0 atom stereocenters. The molecule has 0 saturated heterocycles. The number of imidazole rings is 1. The number of carbonyl (C=O) groups is 1. The largest absolute Gasteiger partial charge is 0.497 e. The summed E-state index contributed by atoms with van der Waals surface area (Å²) in [5.74, 6) is 1.56. The Morgan fingerprint density at radius 3 is 2.52 bits per heavy atom. The molecule has 0 bridgehead atoms. The summed E-state index contributed by atoms with van der Waals surface area (Å²) in [5, 5.41) is 0.736. The van der Waals surface area contributed by atoms with Crippen molar-refractivity contribution in [3.8, 4) is 11.4 Å². The highest BCUT2D eigenvalue weighted by Crippen LogP contribution is 2.26. The van der Waals surface area contributed by atoms with E-state index in [9.17, 15) is 4.79 Å². The molecule has 0 radical (unpaired) electrons. The lowest BCUT2D eigenvalue weighted by Gasteiger charge is -2.06. The van der Waals surface area contributed by atoms with Gasteiger partial charge in [0.2, 0.25) is 0 Å². The molecular weight excluding hydrogens is 308 g/mol. The van der Waals surface area contributed by atoms with Gasteiger partial charge in [-0.1, -0.05) is 42.1 Å². The Morgan fingerprint density at radius 2 is 1.87 bits per heavy atom. The van der Waals surface area contributed by atoms with Crippen molar-refractivity contribution in [3.63, 3.8) is 0 Å². The van der Waals surface area contributed by atoms with E-state index in [1.165, 1.54) is 5.56 Å². The predicted molar refractivity (Wildman–Crippen MR) is 91.5 cm³/mol. The number of carbonyl (C=O) groups excluding carboxylic acids is 1. The summed E-state index contributed by atoms with van der Waals surface area (Å²) in [6.07, 6.45) is 2.53. The maximum atomic E-state index is 11.5. The van der Waals surface area contributed by atoms with E-state index in [-0.39, 0.29) is 0 Å². The number of thioether (sulfide) groups is 1. The zero-order valence-corrected chi connectivity index (χ0v) is 13.5. The number of hydrogen-bond acceptors (Lipinski definition) is 4. The van der Waals surface area contributed by atoms with Crippen LogP contribution in [0.4, 0.5) is 0 Å². The lowest BCUT2D eigenvalue weighted by Crippen LogP contribution is -1.98. The Morgan fingerprint density at radius 1 is 1.13 bits per heavy atom. The molecule has 0 amide bonds. The van der Waals surface area contributed by atoms with Gasteiger partial charge in [0.25, 0.3) is 0 Å². The second-order valence-corrected chi connectivity index (χ2v) is 5.86. The molecule has 0 saturated carbocycles. The van der Waals surface area contributed by atoms with E-state index in [0.29, 0.717) is 5.69 Å². The highest BCUT2D eigenvalue weighted by molar-refractivity contribution is 7.98. The van der Waals surface area contributed by atoms with Crippen LogP contribution in [0.3, 0.4) is 0 Å². The topological polar surface area (TPSA) is 44.1 Å². The van der Waals surface area contributed by atoms with Crippen LogP contribution in [0.5, 0.6) is 5.75 Å². The Hall–Kier alpha value is -2.53. The molecule has 3 aromatic rings. The van der Waals surface area contributed by atoms with Gasteiger partial charge in [0.05, 0.1) is 7.11 Å². The summed E-state index contributed by atoms with van der Waals surface area (Å²) in [5.41, 5.74) is 2.65. The zero-order chi connectivity index (χ0) is 16.1. The molecule has 2 aromatic carbocycles. The van der Waals surface area contributed by atoms with Crippen molar-refractivity contribution in [2.75, 3.05) is 7.11 Å². The van der Waals surface area contributed by atoms with E-state index in [2.05, 4.69) is 17.1 Å². The van der Waals surface area contributed by atoms with Gasteiger partial charge in [-0.25, -0.2) is 4.98 Å². The second kappa shape index (κ2) is 7.15. The minimum atomic E-state index is 0.566. The molecule has 5 heteroatoms. The smallest absolute Gasteiger partial charge is 0.169 e. The highest BCUT2D eigenvalue weighted by atomic mass is 32.2. The third kappa shape index (κ3) is 3.46. The van der Waals surface area contributed by atoms with E-state index >= 15 is 0 Å². The van der Waals surface area contributed by atoms with Crippen molar-refractivity contribution in [1.29, 1.82) is 0 Å². The van der Waals surface area contributed by atoms with Gasteiger partial charge in [-0.3, -0.25) is 9.36 Å². The molecule has 116 valence electrons. The molecule has 1 heterocycles. The van der Waals surface area contributed by atoms with Crippen LogP contribution in [0.25, 0.3) is 5.69 Å². The van der Waals surface area contributed by atoms with Crippen molar-refractivity contribution in [2.24, 2.45) is 0 Å². The summed E-state index contributed by atoms with van der Waals surface area (Å²) in [6, 6.07) is 17.7. The average molecular weight is 324 g/mol. The first-order chi connectivity index (χ1) is 11.3. The Kier molecular flexibility index (Phi) is 4.78. The molecule has 0 aliphatic rings. The average Bonchev–Trinajstić information content (AvgIpc) is 3.04. The van der Waals surface area contributed by atoms with Gasteiger partial charge in [0, 0.05) is 11.4 Å². The van der Waals surface area contributed by atoms with E-state index in [4.69, 9.17) is 4.74 Å². The van der Waals surface area contributed by atoms with Crippen LogP contribution in [0.1, 0.15) is 16.1 Å². The standard InChI is InChI=1S/C18H16N2O2S/c1-22-16-9-7-15(8-10-16)20-13-19-18(17(20)11-21)23-12-14-5-3-2-4-6-14/h2-11,13H,12H2,1H3. The van der Waals surface area contributed by atoms with Crippen LogP contribution in [-0.2, 0) is 5.75 Å². The fourth-order valence-electron chi connectivity index (χ4n) is 2.23. The monoisotopic (exact) mass is 324 g/mol. The van der Waals surface area contributed by atoms with Gasteiger partial charge in [-0.2, -0.15) is 0 Å². The first kappa shape index (κ1) is 15.4. The fourth-order valence-corrected chi connectivity index (χ4v) is 3.15. The Bertz CT molecular complexity index is 783. The van der Waals surface area contributed by atoms with Crippen molar-refractivity contribution in [2.45, 2.75) is 10.8 Å². The summed E-state index contributed by atoms with van der Waals surface area (Å²) >= 11 is 1.56. The van der Waals surface area contributed by atoms with Gasteiger partial charge in [0.1, 0.15) is 22.8 Å². The number of nitrogens with zero attached hydrogens (tertiary/aromatic N) is 2. The third-order valence-corrected chi connectivity index (χ3v) is 4.52. The van der Waals surface area contributed by atoms with Crippen LogP contribution in [0.15, 0.2) is 66.0 Å². The third-order valence-electron chi connectivity index (χ3n) is 3.45. The van der Waals surface area contributed by atoms with E-state index < -0.39 is 0 Å². The molecule has 4 nitrogen and oxygen atoms in total. The second-order valence-electron chi connectivity index (χ2n) is 4.90. The number of methoxy groups -OCH3 is 1. The molecule has 0 spiro atoms. The quantitative estimate of drug-likeness (QED) is 0.508. The van der Waals surface area contributed by atoms with Crippen molar-refractivity contribution in [3.05, 3.63) is 72.2 Å². The Labute approximate surface area is 139 Å². The minimum absolute atomic E-state index is 0.566. The minimum Gasteiger partial charge on any atom is -0.497 e. The summed E-state index contributed by atoms with van der Waals surface area (Å²) in [4.78, 5) is 15.9. The molecule has 1 aromatic heterocycles. The van der Waals surface area contributed by atoms with Crippen molar-refractivity contribution in [1.82, 2.24) is 9.55 Å². The molecule has 0 aliphatic heterocycles.